The first kappa shape index (κ1) is 16.0. The first-order chi connectivity index (χ1) is 11.1. The molecule has 6 heteroatoms. The van der Waals surface area contributed by atoms with Crippen molar-refractivity contribution < 1.29 is 4.79 Å². The average Bonchev–Trinajstić information content (AvgIpc) is 3.09. The minimum absolute atomic E-state index is 0.106. The summed E-state index contributed by atoms with van der Waals surface area (Å²) >= 11 is 7.77. The van der Waals surface area contributed by atoms with E-state index in [-0.39, 0.29) is 5.91 Å². The molecule has 3 rings (SSSR count). The van der Waals surface area contributed by atoms with Crippen LogP contribution in [0.5, 0.6) is 0 Å². The second-order valence-electron chi connectivity index (χ2n) is 5.68. The summed E-state index contributed by atoms with van der Waals surface area (Å²) in [7, 11) is 0. The monoisotopic (exact) mass is 347 g/mol. The van der Waals surface area contributed by atoms with Gasteiger partial charge in [0.1, 0.15) is 10.7 Å². The van der Waals surface area contributed by atoms with Crippen LogP contribution in [0.25, 0.3) is 10.1 Å². The Hall–Kier alpha value is -1.85. The van der Waals surface area contributed by atoms with Gasteiger partial charge in [-0.1, -0.05) is 36.7 Å². The summed E-state index contributed by atoms with van der Waals surface area (Å²) in [4.78, 5) is 17.2. The highest BCUT2D eigenvalue weighted by Crippen LogP contribution is 2.34. The van der Waals surface area contributed by atoms with Crippen LogP contribution in [0.1, 0.15) is 22.4 Å². The Morgan fingerprint density at radius 2 is 2.22 bits per heavy atom. The number of carbonyl (C=O) groups is 1. The van der Waals surface area contributed by atoms with Crippen LogP contribution in [0, 0.1) is 12.8 Å². The standard InChI is InChI=1S/C17H18ClN3OS/c1-11(10-21-8-7-19-12(21)2)9-20-17(22)16-15(18)13-5-3-4-6-14(13)23-16/h3-8,11H,9-10H2,1-2H3,(H,20,22). The molecule has 0 saturated heterocycles. The number of hydrogen-bond donors (Lipinski definition) is 1. The third kappa shape index (κ3) is 3.41. The lowest BCUT2D eigenvalue weighted by atomic mass is 10.2. The zero-order chi connectivity index (χ0) is 16.4. The molecule has 0 bridgehead atoms. The summed E-state index contributed by atoms with van der Waals surface area (Å²) < 4.78 is 3.12. The Labute approximate surface area is 144 Å². The van der Waals surface area contributed by atoms with Crippen molar-refractivity contribution in [2.75, 3.05) is 6.54 Å². The molecular weight excluding hydrogens is 330 g/mol. The minimum atomic E-state index is -0.106. The fourth-order valence-electron chi connectivity index (χ4n) is 2.50. The van der Waals surface area contributed by atoms with Crippen molar-refractivity contribution in [2.24, 2.45) is 5.92 Å². The van der Waals surface area contributed by atoms with Gasteiger partial charge in [0, 0.05) is 35.6 Å². The highest BCUT2D eigenvalue weighted by Gasteiger charge is 2.17. The van der Waals surface area contributed by atoms with Crippen molar-refractivity contribution >= 4 is 38.9 Å². The Morgan fingerprint density at radius 3 is 2.91 bits per heavy atom. The largest absolute Gasteiger partial charge is 0.351 e. The van der Waals surface area contributed by atoms with Crippen LogP contribution in [0.4, 0.5) is 0 Å². The third-order valence-corrected chi connectivity index (χ3v) is 5.46. The molecule has 2 heterocycles. The van der Waals surface area contributed by atoms with E-state index in [9.17, 15) is 4.79 Å². The predicted molar refractivity (Wildman–Crippen MR) is 95.3 cm³/mol. The number of nitrogens with one attached hydrogen (secondary N) is 1. The van der Waals surface area contributed by atoms with Gasteiger partial charge < -0.3 is 9.88 Å². The molecular formula is C17H18ClN3OS. The van der Waals surface area contributed by atoms with Crippen molar-refractivity contribution in [1.29, 1.82) is 0 Å². The Bertz CT molecular complexity index is 839. The van der Waals surface area contributed by atoms with Crippen LogP contribution < -0.4 is 5.32 Å². The lowest BCUT2D eigenvalue weighted by Gasteiger charge is -2.14. The maximum Gasteiger partial charge on any atom is 0.262 e. The number of nitrogens with zero attached hydrogens (tertiary/aromatic N) is 2. The maximum absolute atomic E-state index is 12.4. The van der Waals surface area contributed by atoms with E-state index in [0.29, 0.717) is 22.4 Å². The van der Waals surface area contributed by atoms with Crippen LogP contribution in [-0.4, -0.2) is 22.0 Å². The molecule has 0 radical (unpaired) electrons. The normalized spacial score (nSPS) is 12.5. The fourth-order valence-corrected chi connectivity index (χ4v) is 3.94. The smallest absolute Gasteiger partial charge is 0.262 e. The van der Waals surface area contributed by atoms with Crippen LogP contribution >= 0.6 is 22.9 Å². The maximum atomic E-state index is 12.4. The number of hydrogen-bond acceptors (Lipinski definition) is 3. The quantitative estimate of drug-likeness (QED) is 0.754. The Balaban J connectivity index is 1.64. The Kier molecular flexibility index (Phi) is 4.68. The van der Waals surface area contributed by atoms with Crippen molar-refractivity contribution in [3.05, 3.63) is 52.4 Å². The van der Waals surface area contributed by atoms with Gasteiger partial charge >= 0.3 is 0 Å². The molecule has 0 fully saturated rings. The second kappa shape index (κ2) is 6.72. The summed E-state index contributed by atoms with van der Waals surface area (Å²) in [6.07, 6.45) is 3.74. The SMILES string of the molecule is Cc1nccn1CC(C)CNC(=O)c1sc2ccccc2c1Cl. The van der Waals surface area contributed by atoms with Gasteiger partial charge in [-0.15, -0.1) is 11.3 Å². The average molecular weight is 348 g/mol. The van der Waals surface area contributed by atoms with Gasteiger partial charge in [0.25, 0.3) is 5.91 Å². The van der Waals surface area contributed by atoms with E-state index in [1.165, 1.54) is 11.3 Å². The second-order valence-corrected chi connectivity index (χ2v) is 7.11. The van der Waals surface area contributed by atoms with E-state index in [2.05, 4.69) is 21.8 Å². The van der Waals surface area contributed by atoms with Crippen molar-refractivity contribution in [3.63, 3.8) is 0 Å². The molecule has 1 unspecified atom stereocenters. The van der Waals surface area contributed by atoms with Gasteiger partial charge in [0.05, 0.1) is 5.02 Å². The summed E-state index contributed by atoms with van der Waals surface area (Å²) in [5.41, 5.74) is 0. The first-order valence-corrected chi connectivity index (χ1v) is 8.68. The van der Waals surface area contributed by atoms with E-state index in [0.717, 1.165) is 22.5 Å². The molecule has 0 spiro atoms. The zero-order valence-electron chi connectivity index (χ0n) is 13.0. The molecule has 2 aromatic heterocycles. The highest BCUT2D eigenvalue weighted by molar-refractivity contribution is 7.21. The van der Waals surface area contributed by atoms with Crippen molar-refractivity contribution in [2.45, 2.75) is 20.4 Å². The molecule has 3 aromatic rings. The van der Waals surface area contributed by atoms with Crippen LogP contribution in [0.3, 0.4) is 0 Å². The highest BCUT2D eigenvalue weighted by atomic mass is 35.5. The number of amides is 1. The van der Waals surface area contributed by atoms with Gasteiger partial charge in [-0.3, -0.25) is 4.79 Å². The molecule has 1 atom stereocenters. The molecule has 120 valence electrons. The summed E-state index contributed by atoms with van der Waals surface area (Å²) in [6, 6.07) is 7.80. The van der Waals surface area contributed by atoms with Gasteiger partial charge in [-0.05, 0) is 18.9 Å². The predicted octanol–water partition coefficient (Wildman–Crippen LogP) is 4.13. The van der Waals surface area contributed by atoms with E-state index in [4.69, 9.17) is 11.6 Å². The number of thiophene rings is 1. The minimum Gasteiger partial charge on any atom is -0.351 e. The topological polar surface area (TPSA) is 46.9 Å². The van der Waals surface area contributed by atoms with Crippen LogP contribution in [-0.2, 0) is 6.54 Å². The number of rotatable bonds is 5. The van der Waals surface area contributed by atoms with Crippen molar-refractivity contribution in [3.8, 4) is 0 Å². The summed E-state index contributed by atoms with van der Waals surface area (Å²) in [5.74, 6) is 1.18. The van der Waals surface area contributed by atoms with Gasteiger partial charge in [0.15, 0.2) is 0 Å². The van der Waals surface area contributed by atoms with E-state index in [1.807, 2.05) is 37.4 Å². The van der Waals surface area contributed by atoms with E-state index < -0.39 is 0 Å². The van der Waals surface area contributed by atoms with Gasteiger partial charge in [0.2, 0.25) is 0 Å². The van der Waals surface area contributed by atoms with E-state index in [1.54, 1.807) is 6.20 Å². The number of benzene rings is 1. The lowest BCUT2D eigenvalue weighted by Crippen LogP contribution is -2.29. The number of aromatic nitrogens is 2. The molecule has 0 aliphatic heterocycles. The first-order valence-electron chi connectivity index (χ1n) is 7.49. The summed E-state index contributed by atoms with van der Waals surface area (Å²) in [6.45, 7) is 5.50. The molecule has 4 nitrogen and oxygen atoms in total. The van der Waals surface area contributed by atoms with Gasteiger partial charge in [-0.25, -0.2) is 4.98 Å². The third-order valence-electron chi connectivity index (χ3n) is 3.78. The number of halogens is 1. The molecule has 1 N–H and O–H groups in total. The summed E-state index contributed by atoms with van der Waals surface area (Å²) in [5, 5.41) is 4.46. The molecule has 1 aromatic carbocycles. The number of fused-ring (bicyclic) bond motifs is 1. The van der Waals surface area contributed by atoms with E-state index >= 15 is 0 Å². The molecule has 0 aliphatic carbocycles. The molecule has 23 heavy (non-hydrogen) atoms. The molecule has 0 saturated carbocycles. The Morgan fingerprint density at radius 1 is 1.43 bits per heavy atom. The number of aryl methyl sites for hydroxylation is 1. The van der Waals surface area contributed by atoms with Gasteiger partial charge in [-0.2, -0.15) is 0 Å². The lowest BCUT2D eigenvalue weighted by molar-refractivity contribution is 0.0951. The fraction of sp³-hybridized carbons (Fsp3) is 0.294. The zero-order valence-corrected chi connectivity index (χ0v) is 14.6. The molecule has 1 amide bonds. The number of imidazole rings is 1. The van der Waals surface area contributed by atoms with Crippen LogP contribution in [0.2, 0.25) is 5.02 Å². The van der Waals surface area contributed by atoms with Crippen molar-refractivity contribution in [1.82, 2.24) is 14.9 Å². The molecule has 0 aliphatic rings. The van der Waals surface area contributed by atoms with Crippen LogP contribution in [0.15, 0.2) is 36.7 Å². The number of carbonyl (C=O) groups excluding carboxylic acids is 1.